The van der Waals surface area contributed by atoms with Crippen molar-refractivity contribution in [3.05, 3.63) is 29.8 Å². The van der Waals surface area contributed by atoms with E-state index in [9.17, 15) is 4.79 Å². The van der Waals surface area contributed by atoms with Gasteiger partial charge in [0.1, 0.15) is 5.54 Å². The molecule has 4 heteroatoms. The number of carbonyl (C=O) groups excluding carboxylic acids is 1. The SMILES string of the molecule is Cc1cccc(N(C)CC(C)(NC2CC2)C(N)=O)c1. The third-order valence-corrected chi connectivity index (χ3v) is 3.64. The molecule has 1 amide bonds. The number of anilines is 1. The second kappa shape index (κ2) is 5.21. The molecule has 0 aromatic heterocycles. The maximum atomic E-state index is 11.8. The summed E-state index contributed by atoms with van der Waals surface area (Å²) in [6.07, 6.45) is 2.27. The highest BCUT2D eigenvalue weighted by Crippen LogP contribution is 2.24. The van der Waals surface area contributed by atoms with Gasteiger partial charge in [0, 0.05) is 25.3 Å². The highest BCUT2D eigenvalue weighted by atomic mass is 16.1. The summed E-state index contributed by atoms with van der Waals surface area (Å²) >= 11 is 0. The smallest absolute Gasteiger partial charge is 0.239 e. The molecule has 0 spiro atoms. The third-order valence-electron chi connectivity index (χ3n) is 3.64. The van der Waals surface area contributed by atoms with Crippen LogP contribution in [-0.4, -0.2) is 31.1 Å². The van der Waals surface area contributed by atoms with Crippen molar-refractivity contribution in [3.63, 3.8) is 0 Å². The van der Waals surface area contributed by atoms with Crippen LogP contribution in [0.25, 0.3) is 0 Å². The zero-order valence-electron chi connectivity index (χ0n) is 11.9. The Balaban J connectivity index is 2.09. The second-order valence-electron chi connectivity index (χ2n) is 5.81. The van der Waals surface area contributed by atoms with Crippen molar-refractivity contribution in [1.82, 2.24) is 5.32 Å². The molecule has 1 aliphatic rings. The Bertz CT molecular complexity index is 470. The molecule has 19 heavy (non-hydrogen) atoms. The van der Waals surface area contributed by atoms with Crippen molar-refractivity contribution in [1.29, 1.82) is 0 Å². The maximum absolute atomic E-state index is 11.8. The van der Waals surface area contributed by atoms with Crippen LogP contribution in [-0.2, 0) is 4.79 Å². The molecule has 1 saturated carbocycles. The van der Waals surface area contributed by atoms with Crippen molar-refractivity contribution in [2.24, 2.45) is 5.73 Å². The molecule has 0 bridgehead atoms. The highest BCUT2D eigenvalue weighted by Gasteiger charge is 2.37. The van der Waals surface area contributed by atoms with E-state index in [1.165, 1.54) is 5.56 Å². The van der Waals surface area contributed by atoms with Crippen LogP contribution in [0.3, 0.4) is 0 Å². The molecule has 2 rings (SSSR count). The number of amides is 1. The van der Waals surface area contributed by atoms with Gasteiger partial charge in [0.25, 0.3) is 0 Å². The number of hydrogen-bond acceptors (Lipinski definition) is 3. The van der Waals surface area contributed by atoms with Crippen LogP contribution in [0.15, 0.2) is 24.3 Å². The molecule has 1 aromatic rings. The fraction of sp³-hybridized carbons (Fsp3) is 0.533. The topological polar surface area (TPSA) is 58.4 Å². The highest BCUT2D eigenvalue weighted by molar-refractivity contribution is 5.85. The standard InChI is InChI=1S/C15H23N3O/c1-11-5-4-6-13(9-11)18(3)10-15(2,14(16)19)17-12-7-8-12/h4-6,9,12,17H,7-8,10H2,1-3H3,(H2,16,19). The first-order valence-electron chi connectivity index (χ1n) is 6.76. The number of rotatable bonds is 6. The summed E-state index contributed by atoms with van der Waals surface area (Å²) in [5.41, 5.74) is 7.20. The van der Waals surface area contributed by atoms with Crippen LogP contribution < -0.4 is 16.0 Å². The summed E-state index contributed by atoms with van der Waals surface area (Å²) < 4.78 is 0. The Kier molecular flexibility index (Phi) is 3.80. The lowest BCUT2D eigenvalue weighted by atomic mass is 10.00. The van der Waals surface area contributed by atoms with Crippen LogP contribution in [0.5, 0.6) is 0 Å². The molecule has 1 fully saturated rings. The van der Waals surface area contributed by atoms with Gasteiger partial charge >= 0.3 is 0 Å². The van der Waals surface area contributed by atoms with Gasteiger partial charge in [0.15, 0.2) is 0 Å². The van der Waals surface area contributed by atoms with Crippen LogP contribution >= 0.6 is 0 Å². The molecule has 104 valence electrons. The molecule has 0 heterocycles. The molecule has 1 atom stereocenters. The first-order chi connectivity index (χ1) is 8.90. The summed E-state index contributed by atoms with van der Waals surface area (Å²) in [6.45, 7) is 4.52. The number of nitrogens with two attached hydrogens (primary N) is 1. The first kappa shape index (κ1) is 13.9. The van der Waals surface area contributed by atoms with Crippen LogP contribution in [0.4, 0.5) is 5.69 Å². The number of benzene rings is 1. The molecule has 4 nitrogen and oxygen atoms in total. The van der Waals surface area contributed by atoms with Crippen molar-refractivity contribution < 1.29 is 4.79 Å². The summed E-state index contributed by atoms with van der Waals surface area (Å²) in [6, 6.07) is 8.69. The van der Waals surface area contributed by atoms with Gasteiger partial charge in [-0.1, -0.05) is 12.1 Å². The van der Waals surface area contributed by atoms with E-state index in [1.807, 2.05) is 26.1 Å². The average molecular weight is 261 g/mol. The van der Waals surface area contributed by atoms with Crippen molar-refractivity contribution in [3.8, 4) is 0 Å². The normalized spacial score (nSPS) is 17.8. The molecule has 3 N–H and O–H groups in total. The molecule has 0 aliphatic heterocycles. The van der Waals surface area contributed by atoms with Crippen LogP contribution in [0.1, 0.15) is 25.3 Å². The van der Waals surface area contributed by atoms with Gasteiger partial charge in [-0.15, -0.1) is 0 Å². The molecule has 1 unspecified atom stereocenters. The van der Waals surface area contributed by atoms with Gasteiger partial charge in [0.2, 0.25) is 5.91 Å². The van der Waals surface area contributed by atoms with E-state index < -0.39 is 5.54 Å². The molecule has 1 aliphatic carbocycles. The number of nitrogens with one attached hydrogen (secondary N) is 1. The van der Waals surface area contributed by atoms with E-state index in [1.54, 1.807) is 0 Å². The summed E-state index contributed by atoms with van der Waals surface area (Å²) in [4.78, 5) is 13.8. The van der Waals surface area contributed by atoms with Gasteiger partial charge in [0.05, 0.1) is 0 Å². The van der Waals surface area contributed by atoms with E-state index in [-0.39, 0.29) is 5.91 Å². The van der Waals surface area contributed by atoms with Gasteiger partial charge < -0.3 is 10.6 Å². The van der Waals surface area contributed by atoms with Crippen LogP contribution in [0, 0.1) is 6.92 Å². The number of primary amides is 1. The number of nitrogens with zero attached hydrogens (tertiary/aromatic N) is 1. The average Bonchev–Trinajstić information content (AvgIpc) is 3.12. The predicted molar refractivity (Wildman–Crippen MR) is 78.2 cm³/mol. The quantitative estimate of drug-likeness (QED) is 0.814. The Labute approximate surface area is 115 Å². The lowest BCUT2D eigenvalue weighted by molar-refractivity contribution is -0.123. The minimum absolute atomic E-state index is 0.293. The Morgan fingerprint density at radius 1 is 1.53 bits per heavy atom. The molecule has 0 radical (unpaired) electrons. The molecule has 1 aromatic carbocycles. The van der Waals surface area contributed by atoms with E-state index in [0.29, 0.717) is 12.6 Å². The van der Waals surface area contributed by atoms with Gasteiger partial charge in [-0.2, -0.15) is 0 Å². The number of likely N-dealkylation sites (N-methyl/N-ethyl adjacent to an activating group) is 1. The Hall–Kier alpha value is -1.55. The summed E-state index contributed by atoms with van der Waals surface area (Å²) in [5, 5.41) is 3.37. The van der Waals surface area contributed by atoms with Gasteiger partial charge in [-0.3, -0.25) is 10.1 Å². The lowest BCUT2D eigenvalue weighted by Gasteiger charge is -2.33. The molecule has 0 saturated heterocycles. The van der Waals surface area contributed by atoms with E-state index in [4.69, 9.17) is 5.73 Å². The van der Waals surface area contributed by atoms with Crippen LogP contribution in [0.2, 0.25) is 0 Å². The fourth-order valence-corrected chi connectivity index (χ4v) is 2.30. The summed E-state index contributed by atoms with van der Waals surface area (Å²) in [5.74, 6) is -0.293. The van der Waals surface area contributed by atoms with Gasteiger partial charge in [-0.25, -0.2) is 0 Å². The first-order valence-corrected chi connectivity index (χ1v) is 6.76. The molecular weight excluding hydrogens is 238 g/mol. The minimum Gasteiger partial charge on any atom is -0.372 e. The maximum Gasteiger partial charge on any atom is 0.239 e. The Morgan fingerprint density at radius 3 is 2.74 bits per heavy atom. The minimum atomic E-state index is -0.681. The van der Waals surface area contributed by atoms with Crippen molar-refractivity contribution in [2.45, 2.75) is 38.3 Å². The van der Waals surface area contributed by atoms with Gasteiger partial charge in [-0.05, 0) is 44.4 Å². The molecular formula is C15H23N3O. The predicted octanol–water partition coefficient (Wildman–Crippen LogP) is 1.43. The largest absolute Gasteiger partial charge is 0.372 e. The van der Waals surface area contributed by atoms with E-state index in [2.05, 4.69) is 29.3 Å². The number of carbonyl (C=O) groups is 1. The third kappa shape index (κ3) is 3.47. The van der Waals surface area contributed by atoms with E-state index in [0.717, 1.165) is 18.5 Å². The van der Waals surface area contributed by atoms with Crippen molar-refractivity contribution >= 4 is 11.6 Å². The number of aryl methyl sites for hydroxylation is 1. The Morgan fingerprint density at radius 2 is 2.21 bits per heavy atom. The zero-order valence-corrected chi connectivity index (χ0v) is 11.9. The fourth-order valence-electron chi connectivity index (χ4n) is 2.30. The lowest BCUT2D eigenvalue weighted by Crippen LogP contribution is -2.59. The number of hydrogen-bond donors (Lipinski definition) is 2. The monoisotopic (exact) mass is 261 g/mol. The zero-order chi connectivity index (χ0) is 14.0. The summed E-state index contributed by atoms with van der Waals surface area (Å²) in [7, 11) is 1.99. The van der Waals surface area contributed by atoms with Crippen molar-refractivity contribution in [2.75, 3.05) is 18.5 Å². The second-order valence-corrected chi connectivity index (χ2v) is 5.81. The van der Waals surface area contributed by atoms with E-state index >= 15 is 0 Å².